The summed E-state index contributed by atoms with van der Waals surface area (Å²) < 4.78 is 9.13. The fraction of sp³-hybridized carbons (Fsp3) is 0.265. The number of fused-ring (bicyclic) bond motifs is 3. The van der Waals surface area contributed by atoms with Gasteiger partial charge in [-0.2, -0.15) is 12.1 Å². The molecule has 0 radical (unpaired) electrons. The van der Waals surface area contributed by atoms with Crippen molar-refractivity contribution in [3.05, 3.63) is 234 Å². The van der Waals surface area contributed by atoms with E-state index in [-0.39, 0.29) is 48.1 Å². The van der Waals surface area contributed by atoms with Gasteiger partial charge >= 0.3 is 0 Å². The van der Waals surface area contributed by atoms with E-state index in [1.807, 2.05) is 18.3 Å². The number of nitrogens with zero attached hydrogens (tertiary/aromatic N) is 4. The van der Waals surface area contributed by atoms with Gasteiger partial charge in [0.05, 0.1) is 0 Å². The van der Waals surface area contributed by atoms with E-state index in [0.717, 1.165) is 39.0 Å². The summed E-state index contributed by atoms with van der Waals surface area (Å²) in [7, 11) is 0. The Bertz CT molecular complexity index is 3510. The Kier molecular flexibility index (Phi) is 13.8. The SMILES string of the molecule is CC(C)(C)C1=C(C(C)(C)C)N(c2cc(-c3ccccc3)cc(C(C)(C)C)c2)[CH-]N1c1[c-]c(Oc2[c-]c3c(cc2)c2cc(C(C)(C)c4ccccc4)ccc2n3-c2cc(C(C)(C)c3ccccc3)ccn2)ccc1.[Pt]. The normalized spacial score (nSPS) is 13.7. The quantitative estimate of drug-likeness (QED) is 0.128. The molecule has 0 fully saturated rings. The van der Waals surface area contributed by atoms with Crippen LogP contribution in [0.1, 0.15) is 118 Å². The van der Waals surface area contributed by atoms with Gasteiger partial charge in [-0.1, -0.05) is 205 Å². The summed E-state index contributed by atoms with van der Waals surface area (Å²) in [6, 6.07) is 68.4. The maximum atomic E-state index is 6.87. The maximum Gasteiger partial charge on any atom is 0.135 e. The molecule has 74 heavy (non-hydrogen) atoms. The average molecular weight is 1150 g/mol. The molecule has 0 amide bonds. The predicted molar refractivity (Wildman–Crippen MR) is 306 cm³/mol. The minimum atomic E-state index is -0.259. The van der Waals surface area contributed by atoms with Crippen molar-refractivity contribution < 1.29 is 25.8 Å². The molecular weight excluding hydrogens is 1080 g/mol. The van der Waals surface area contributed by atoms with Gasteiger partial charge in [0, 0.05) is 83.0 Å². The zero-order valence-corrected chi connectivity index (χ0v) is 47.6. The van der Waals surface area contributed by atoms with E-state index < -0.39 is 0 Å². The Morgan fingerprint density at radius 3 is 1.64 bits per heavy atom. The van der Waals surface area contributed by atoms with Crippen molar-refractivity contribution in [3.63, 3.8) is 0 Å². The second-order valence-corrected chi connectivity index (χ2v) is 24.0. The topological polar surface area (TPSA) is 33.5 Å². The molecular formula is C68H69N4OPt-3. The van der Waals surface area contributed by atoms with Crippen LogP contribution in [-0.2, 0) is 37.3 Å². The van der Waals surface area contributed by atoms with E-state index in [4.69, 9.17) is 9.72 Å². The molecule has 7 aromatic carbocycles. The van der Waals surface area contributed by atoms with E-state index in [9.17, 15) is 0 Å². The minimum Gasteiger partial charge on any atom is -0.509 e. The van der Waals surface area contributed by atoms with Gasteiger partial charge < -0.3 is 19.1 Å². The Hall–Kier alpha value is -6.68. The molecule has 0 N–H and O–H groups in total. The van der Waals surface area contributed by atoms with Crippen molar-refractivity contribution in [2.75, 3.05) is 9.80 Å². The first-order valence-electron chi connectivity index (χ1n) is 25.8. The fourth-order valence-electron chi connectivity index (χ4n) is 10.6. The average Bonchev–Trinajstić information content (AvgIpc) is 3.95. The summed E-state index contributed by atoms with van der Waals surface area (Å²) in [6.45, 7) is 32.2. The van der Waals surface area contributed by atoms with Gasteiger partial charge in [-0.3, -0.25) is 0 Å². The van der Waals surface area contributed by atoms with Crippen LogP contribution in [0.4, 0.5) is 11.4 Å². The van der Waals surface area contributed by atoms with Crippen molar-refractivity contribution in [1.29, 1.82) is 0 Å². The largest absolute Gasteiger partial charge is 0.509 e. The Balaban J connectivity index is 0.00000672. The third-order valence-corrected chi connectivity index (χ3v) is 14.8. The van der Waals surface area contributed by atoms with Crippen molar-refractivity contribution in [2.24, 2.45) is 10.8 Å². The van der Waals surface area contributed by atoms with Gasteiger partial charge in [0.25, 0.3) is 0 Å². The van der Waals surface area contributed by atoms with Crippen LogP contribution in [0.5, 0.6) is 11.5 Å². The number of pyridine rings is 1. The number of aromatic nitrogens is 2. The summed E-state index contributed by atoms with van der Waals surface area (Å²) in [5.41, 5.74) is 14.1. The molecule has 5 nitrogen and oxygen atoms in total. The molecule has 10 rings (SSSR count). The summed E-state index contributed by atoms with van der Waals surface area (Å²) in [5.74, 6) is 2.02. The maximum absolute atomic E-state index is 6.87. The standard InChI is InChI=1S/C68H69N4O.Pt/c1-64(2,3)52-38-47(46-24-17-14-18-25-46)39-54(40-52)71-45-70(62(65(4,5)6)63(71)66(7,8)9)53-30-23-31-55(43-53)73-56-33-34-57-58-41-50(67(10,11)48-26-19-15-20-27-48)32-35-59(58)72(60(57)44-56)61-42-51(36-37-69-61)68(12,13)49-28-21-16-22-29-49;/h14-42,45H,1-13H3;/q-3;. The van der Waals surface area contributed by atoms with Crippen LogP contribution in [0.15, 0.2) is 187 Å². The van der Waals surface area contributed by atoms with Crippen molar-refractivity contribution in [3.8, 4) is 28.4 Å². The molecule has 6 heteroatoms. The van der Waals surface area contributed by atoms with Gasteiger partial charge in [0.1, 0.15) is 5.82 Å². The van der Waals surface area contributed by atoms with Gasteiger partial charge in [0.15, 0.2) is 0 Å². The molecule has 0 aliphatic carbocycles. The first-order valence-corrected chi connectivity index (χ1v) is 25.8. The summed E-state index contributed by atoms with van der Waals surface area (Å²) in [5, 5.41) is 2.21. The molecule has 9 aromatic rings. The second-order valence-electron chi connectivity index (χ2n) is 24.0. The van der Waals surface area contributed by atoms with E-state index >= 15 is 0 Å². The Morgan fingerprint density at radius 2 is 1.03 bits per heavy atom. The molecule has 1 aliphatic heterocycles. The van der Waals surface area contributed by atoms with Crippen LogP contribution in [-0.4, -0.2) is 9.55 Å². The molecule has 0 bridgehead atoms. The molecule has 380 valence electrons. The molecule has 0 saturated heterocycles. The summed E-state index contributed by atoms with van der Waals surface area (Å²) >= 11 is 0. The molecule has 0 atom stereocenters. The minimum absolute atomic E-state index is 0. The number of benzene rings is 7. The van der Waals surface area contributed by atoms with Crippen LogP contribution < -0.4 is 14.5 Å². The predicted octanol–water partition coefficient (Wildman–Crippen LogP) is 17.9. The number of hydrogen-bond donors (Lipinski definition) is 0. The molecule has 0 spiro atoms. The molecule has 3 heterocycles. The fourth-order valence-corrected chi connectivity index (χ4v) is 10.6. The Morgan fingerprint density at radius 1 is 0.446 bits per heavy atom. The van der Waals surface area contributed by atoms with Gasteiger partial charge in [0.2, 0.25) is 0 Å². The van der Waals surface area contributed by atoms with E-state index in [1.54, 1.807) is 0 Å². The first kappa shape index (κ1) is 52.2. The van der Waals surface area contributed by atoms with Crippen molar-refractivity contribution in [2.45, 2.75) is 106 Å². The zero-order valence-electron chi connectivity index (χ0n) is 45.3. The second kappa shape index (κ2) is 19.5. The van der Waals surface area contributed by atoms with Crippen molar-refractivity contribution >= 4 is 33.2 Å². The molecule has 0 saturated carbocycles. The molecule has 2 aromatic heterocycles. The molecule has 1 aliphatic rings. The van der Waals surface area contributed by atoms with E-state index in [0.29, 0.717) is 11.5 Å². The summed E-state index contributed by atoms with van der Waals surface area (Å²) in [6.07, 6.45) is 1.94. The van der Waals surface area contributed by atoms with Gasteiger partial charge in [-0.25, -0.2) is 4.98 Å². The molecule has 0 unspecified atom stereocenters. The van der Waals surface area contributed by atoms with Crippen LogP contribution in [0, 0.1) is 29.6 Å². The van der Waals surface area contributed by atoms with Crippen LogP contribution in [0.3, 0.4) is 0 Å². The third-order valence-electron chi connectivity index (χ3n) is 14.8. The van der Waals surface area contributed by atoms with E-state index in [2.05, 4.69) is 281 Å². The van der Waals surface area contributed by atoms with Crippen molar-refractivity contribution in [1.82, 2.24) is 9.55 Å². The van der Waals surface area contributed by atoms with Gasteiger partial charge in [-0.15, -0.1) is 48.1 Å². The smallest absolute Gasteiger partial charge is 0.135 e. The number of hydrogen-bond acceptors (Lipinski definition) is 4. The number of ether oxygens (including phenoxy) is 1. The van der Waals surface area contributed by atoms with Gasteiger partial charge in [-0.05, 0) is 80.1 Å². The van der Waals surface area contributed by atoms with Crippen LogP contribution in [0.25, 0.3) is 38.8 Å². The Labute approximate surface area is 455 Å². The van der Waals surface area contributed by atoms with Crippen LogP contribution >= 0.6 is 0 Å². The van der Waals surface area contributed by atoms with Crippen LogP contribution in [0.2, 0.25) is 0 Å². The summed E-state index contributed by atoms with van der Waals surface area (Å²) in [4.78, 5) is 9.82. The number of rotatable bonds is 10. The number of allylic oxidation sites excluding steroid dienone is 2. The van der Waals surface area contributed by atoms with E-state index in [1.165, 1.54) is 50.3 Å². The first-order chi connectivity index (χ1) is 34.6. The number of anilines is 2. The zero-order chi connectivity index (χ0) is 51.7. The monoisotopic (exact) mass is 1150 g/mol. The third kappa shape index (κ3) is 9.89.